The molecule has 0 amide bonds. The minimum Gasteiger partial charge on any atom is -0.481 e. The van der Waals surface area contributed by atoms with Crippen LogP contribution in [0.15, 0.2) is 60.8 Å². The van der Waals surface area contributed by atoms with Crippen LogP contribution in [0.2, 0.25) is 10.0 Å². The van der Waals surface area contributed by atoms with E-state index >= 15 is 0 Å². The molecule has 0 spiro atoms. The lowest BCUT2D eigenvalue weighted by atomic mass is 9.99. The van der Waals surface area contributed by atoms with Gasteiger partial charge in [0.2, 0.25) is 5.88 Å². The summed E-state index contributed by atoms with van der Waals surface area (Å²) in [7, 11) is 5.23. The van der Waals surface area contributed by atoms with E-state index in [9.17, 15) is 4.39 Å². The molecule has 0 unspecified atom stereocenters. The van der Waals surface area contributed by atoms with Crippen molar-refractivity contribution in [1.29, 1.82) is 0 Å². The second kappa shape index (κ2) is 11.1. The fraction of sp³-hybridized carbons (Fsp3) is 0.185. The molecule has 0 atom stereocenters. The zero-order valence-corrected chi connectivity index (χ0v) is 21.1. The number of ether oxygens (including phenoxy) is 1. The summed E-state index contributed by atoms with van der Waals surface area (Å²) in [6.07, 6.45) is 1.65. The number of benzene rings is 2. The first-order valence-electron chi connectivity index (χ1n) is 11.0. The van der Waals surface area contributed by atoms with Gasteiger partial charge in [0.15, 0.2) is 0 Å². The lowest BCUT2D eigenvalue weighted by Crippen LogP contribution is -2.07. The first-order chi connectivity index (χ1) is 17.0. The first-order valence-corrected chi connectivity index (χ1v) is 11.8. The third-order valence-corrected chi connectivity index (χ3v) is 6.44. The Morgan fingerprint density at radius 3 is 2.26 bits per heavy atom. The number of hydrogen-bond acceptors (Lipinski definition) is 5. The highest BCUT2D eigenvalue weighted by atomic mass is 35.5. The van der Waals surface area contributed by atoms with E-state index in [-0.39, 0.29) is 5.82 Å². The molecule has 2 aromatic carbocycles. The van der Waals surface area contributed by atoms with E-state index in [1.807, 2.05) is 43.4 Å². The molecule has 5 nitrogen and oxygen atoms in total. The van der Waals surface area contributed by atoms with Gasteiger partial charge in [-0.25, -0.2) is 9.37 Å². The van der Waals surface area contributed by atoms with Crippen molar-refractivity contribution >= 4 is 23.2 Å². The minimum absolute atomic E-state index is 0.318. The predicted octanol–water partition coefficient (Wildman–Crippen LogP) is 6.37. The Morgan fingerprint density at radius 1 is 0.857 bits per heavy atom. The van der Waals surface area contributed by atoms with Crippen molar-refractivity contribution in [2.45, 2.75) is 13.1 Å². The molecule has 2 N–H and O–H groups in total. The van der Waals surface area contributed by atoms with E-state index in [1.165, 1.54) is 6.07 Å². The Hall–Kier alpha value is -3.03. The summed E-state index contributed by atoms with van der Waals surface area (Å²) in [6.45, 7) is 1.07. The summed E-state index contributed by atoms with van der Waals surface area (Å²) in [5.41, 5.74) is 5.44. The van der Waals surface area contributed by atoms with Gasteiger partial charge < -0.3 is 15.4 Å². The van der Waals surface area contributed by atoms with E-state index in [4.69, 9.17) is 27.9 Å². The summed E-state index contributed by atoms with van der Waals surface area (Å²) in [4.78, 5) is 9.08. The van der Waals surface area contributed by atoms with E-state index in [2.05, 4.69) is 20.6 Å². The Labute approximate surface area is 214 Å². The molecule has 2 aromatic heterocycles. The van der Waals surface area contributed by atoms with Crippen molar-refractivity contribution in [3.8, 4) is 39.5 Å². The lowest BCUT2D eigenvalue weighted by molar-refractivity contribution is 0.392. The second-order valence-electron chi connectivity index (χ2n) is 7.92. The number of aromatic nitrogens is 2. The van der Waals surface area contributed by atoms with Crippen LogP contribution >= 0.6 is 23.2 Å². The third-order valence-electron chi connectivity index (χ3n) is 5.65. The van der Waals surface area contributed by atoms with E-state index in [0.717, 1.165) is 16.7 Å². The fourth-order valence-corrected chi connectivity index (χ4v) is 4.59. The van der Waals surface area contributed by atoms with Gasteiger partial charge in [0.25, 0.3) is 0 Å². The molecular formula is C27H25Cl2FN4O. The summed E-state index contributed by atoms with van der Waals surface area (Å²) < 4.78 is 20.0. The predicted molar refractivity (Wildman–Crippen MR) is 140 cm³/mol. The Bertz CT molecular complexity index is 1360. The highest BCUT2D eigenvalue weighted by Crippen LogP contribution is 2.41. The Balaban J connectivity index is 1.77. The van der Waals surface area contributed by atoms with E-state index in [1.54, 1.807) is 32.5 Å². The molecule has 0 aliphatic carbocycles. The molecule has 8 heteroatoms. The normalized spacial score (nSPS) is 11.0. The van der Waals surface area contributed by atoms with Crippen LogP contribution in [-0.2, 0) is 13.1 Å². The van der Waals surface area contributed by atoms with Crippen LogP contribution in [0.1, 0.15) is 11.1 Å². The molecule has 0 fully saturated rings. The summed E-state index contributed by atoms with van der Waals surface area (Å²) >= 11 is 13.7. The van der Waals surface area contributed by atoms with Crippen molar-refractivity contribution in [3.63, 3.8) is 0 Å². The third kappa shape index (κ3) is 5.16. The van der Waals surface area contributed by atoms with Crippen molar-refractivity contribution in [1.82, 2.24) is 20.6 Å². The number of pyridine rings is 2. The molecule has 0 aliphatic rings. The monoisotopic (exact) mass is 510 g/mol. The van der Waals surface area contributed by atoms with Crippen LogP contribution in [0, 0.1) is 5.82 Å². The molecule has 35 heavy (non-hydrogen) atoms. The van der Waals surface area contributed by atoms with Gasteiger partial charge in [-0.3, -0.25) is 4.98 Å². The zero-order chi connectivity index (χ0) is 24.9. The van der Waals surface area contributed by atoms with Gasteiger partial charge in [-0.2, -0.15) is 0 Å². The number of nitrogens with one attached hydrogen (secondary N) is 2. The zero-order valence-electron chi connectivity index (χ0n) is 19.6. The van der Waals surface area contributed by atoms with Gasteiger partial charge in [-0.15, -0.1) is 0 Å². The highest BCUT2D eigenvalue weighted by molar-refractivity contribution is 6.39. The fourth-order valence-electron chi connectivity index (χ4n) is 3.94. The number of rotatable bonds is 8. The maximum atomic E-state index is 14.6. The molecule has 0 saturated carbocycles. The summed E-state index contributed by atoms with van der Waals surface area (Å²) in [5.74, 6) is 0.216. The summed E-state index contributed by atoms with van der Waals surface area (Å²) in [5, 5.41) is 6.95. The second-order valence-corrected chi connectivity index (χ2v) is 8.68. The highest BCUT2D eigenvalue weighted by Gasteiger charge is 2.18. The SMILES string of the molecule is CNCc1ccc(-c2nccc(-c3cccc(-c4ccc(CNC)c(OC)n4)c3Cl)c2Cl)cc1F. The van der Waals surface area contributed by atoms with Crippen LogP contribution in [0.4, 0.5) is 4.39 Å². The molecule has 2 heterocycles. The average Bonchev–Trinajstić information content (AvgIpc) is 2.86. The Morgan fingerprint density at radius 2 is 1.54 bits per heavy atom. The molecule has 0 bridgehead atoms. The average molecular weight is 511 g/mol. The molecule has 4 rings (SSSR count). The van der Waals surface area contributed by atoms with Crippen LogP contribution < -0.4 is 15.4 Å². The van der Waals surface area contributed by atoms with Crippen molar-refractivity contribution < 1.29 is 9.13 Å². The number of hydrogen-bond donors (Lipinski definition) is 2. The first kappa shape index (κ1) is 25.1. The maximum absolute atomic E-state index is 14.6. The smallest absolute Gasteiger partial charge is 0.218 e. The van der Waals surface area contributed by atoms with Crippen molar-refractivity contribution in [3.05, 3.63) is 87.8 Å². The Kier molecular flexibility index (Phi) is 7.98. The maximum Gasteiger partial charge on any atom is 0.218 e. The van der Waals surface area contributed by atoms with Crippen molar-refractivity contribution in [2.75, 3.05) is 21.2 Å². The number of nitrogens with zero attached hydrogens (tertiary/aromatic N) is 2. The van der Waals surface area contributed by atoms with Gasteiger partial charge in [-0.1, -0.05) is 59.6 Å². The molecule has 180 valence electrons. The standard InChI is InChI=1S/C27H25Cl2FN4O/c1-31-14-17-8-7-16(13-22(17)30)26-25(29)20(11-12-33-26)19-5-4-6-21(24(19)28)23-10-9-18(15-32-2)27(34-23)35-3/h4-13,31-32H,14-15H2,1-3H3. The van der Waals surface area contributed by atoms with Gasteiger partial charge >= 0.3 is 0 Å². The molecule has 4 aromatic rings. The van der Waals surface area contributed by atoms with Crippen molar-refractivity contribution in [2.24, 2.45) is 0 Å². The van der Waals surface area contributed by atoms with Gasteiger partial charge in [0.1, 0.15) is 5.82 Å². The molecule has 0 radical (unpaired) electrons. The van der Waals surface area contributed by atoms with Gasteiger partial charge in [-0.05, 0) is 32.3 Å². The molecular weight excluding hydrogens is 486 g/mol. The van der Waals surface area contributed by atoms with Crippen LogP contribution in [-0.4, -0.2) is 31.2 Å². The molecule has 0 aliphatic heterocycles. The van der Waals surface area contributed by atoms with Crippen LogP contribution in [0.5, 0.6) is 5.88 Å². The number of methoxy groups -OCH3 is 1. The van der Waals surface area contributed by atoms with Crippen LogP contribution in [0.25, 0.3) is 33.6 Å². The minimum atomic E-state index is -0.318. The van der Waals surface area contributed by atoms with E-state index in [0.29, 0.717) is 57.1 Å². The van der Waals surface area contributed by atoms with Gasteiger partial charge in [0.05, 0.1) is 28.5 Å². The topological polar surface area (TPSA) is 59.1 Å². The van der Waals surface area contributed by atoms with Crippen LogP contribution in [0.3, 0.4) is 0 Å². The lowest BCUT2D eigenvalue weighted by Gasteiger charge is -2.14. The van der Waals surface area contributed by atoms with Gasteiger partial charge in [0, 0.05) is 52.7 Å². The quantitative estimate of drug-likeness (QED) is 0.288. The summed E-state index contributed by atoms with van der Waals surface area (Å²) in [6, 6.07) is 16.4. The number of halogens is 3. The molecule has 0 saturated heterocycles. The largest absolute Gasteiger partial charge is 0.481 e. The van der Waals surface area contributed by atoms with E-state index < -0.39 is 0 Å².